The van der Waals surface area contributed by atoms with Gasteiger partial charge in [-0.2, -0.15) is 0 Å². The topological polar surface area (TPSA) is 29.5 Å². The van der Waals surface area contributed by atoms with Crippen LogP contribution in [-0.4, -0.2) is 16.8 Å². The minimum atomic E-state index is -0.113. The van der Waals surface area contributed by atoms with Gasteiger partial charge in [0.2, 0.25) is 0 Å². The van der Waals surface area contributed by atoms with E-state index in [1.165, 1.54) is 0 Å². The number of hydrogen-bond donors (Lipinski definition) is 1. The van der Waals surface area contributed by atoms with Crippen LogP contribution < -0.4 is 0 Å². The highest BCUT2D eigenvalue weighted by Crippen LogP contribution is 2.53. The Bertz CT molecular complexity index is 379. The number of benzene rings is 1. The first-order valence-electron chi connectivity index (χ1n) is 5.86. The average molecular weight is 220 g/mol. The van der Waals surface area contributed by atoms with E-state index in [0.717, 1.165) is 5.56 Å². The third-order valence-electron chi connectivity index (χ3n) is 3.08. The Kier molecular flexibility index (Phi) is 2.70. The van der Waals surface area contributed by atoms with Gasteiger partial charge in [-0.05, 0) is 38.3 Å². The Morgan fingerprint density at radius 2 is 1.81 bits per heavy atom. The van der Waals surface area contributed by atoms with Gasteiger partial charge in [-0.15, -0.1) is 0 Å². The molecular weight excluding hydrogens is 200 g/mol. The summed E-state index contributed by atoms with van der Waals surface area (Å²) in [5, 5.41) is 9.80. The fourth-order valence-electron chi connectivity index (χ4n) is 2.24. The largest absolute Gasteiger partial charge is 0.508 e. The Morgan fingerprint density at radius 3 is 2.38 bits per heavy atom. The van der Waals surface area contributed by atoms with Gasteiger partial charge >= 0.3 is 0 Å². The first kappa shape index (κ1) is 11.5. The van der Waals surface area contributed by atoms with Gasteiger partial charge < -0.3 is 9.84 Å². The molecule has 0 heterocycles. The van der Waals surface area contributed by atoms with Gasteiger partial charge in [0.15, 0.2) is 0 Å². The Morgan fingerprint density at radius 1 is 1.19 bits per heavy atom. The molecule has 3 atom stereocenters. The van der Waals surface area contributed by atoms with E-state index < -0.39 is 0 Å². The molecule has 1 fully saturated rings. The summed E-state index contributed by atoms with van der Waals surface area (Å²) in [6.45, 7) is 8.38. The van der Waals surface area contributed by atoms with E-state index in [1.807, 2.05) is 18.2 Å². The van der Waals surface area contributed by atoms with Crippen molar-refractivity contribution in [3.63, 3.8) is 0 Å². The third-order valence-corrected chi connectivity index (χ3v) is 3.08. The molecule has 1 N–H and O–H groups in total. The predicted octanol–water partition coefficient (Wildman–Crippen LogP) is 3.31. The van der Waals surface area contributed by atoms with Crippen molar-refractivity contribution in [2.45, 2.75) is 45.3 Å². The van der Waals surface area contributed by atoms with Crippen LogP contribution in [-0.2, 0) is 4.74 Å². The summed E-state index contributed by atoms with van der Waals surface area (Å²) < 4.78 is 5.97. The molecule has 0 amide bonds. The maximum atomic E-state index is 9.80. The summed E-state index contributed by atoms with van der Waals surface area (Å²) in [4.78, 5) is 0. The maximum absolute atomic E-state index is 9.80. The van der Waals surface area contributed by atoms with Crippen LogP contribution in [0.5, 0.6) is 5.75 Å². The van der Waals surface area contributed by atoms with Crippen molar-refractivity contribution in [2.75, 3.05) is 0 Å². The molecule has 2 rings (SSSR count). The van der Waals surface area contributed by atoms with Crippen molar-refractivity contribution >= 4 is 0 Å². The quantitative estimate of drug-likeness (QED) is 0.828. The highest BCUT2D eigenvalue weighted by molar-refractivity contribution is 5.40. The molecule has 1 aromatic rings. The molecule has 16 heavy (non-hydrogen) atoms. The van der Waals surface area contributed by atoms with E-state index in [9.17, 15) is 5.11 Å². The van der Waals surface area contributed by atoms with Crippen LogP contribution in [0, 0.1) is 5.92 Å². The number of rotatable bonds is 2. The van der Waals surface area contributed by atoms with Gasteiger partial charge in [0.1, 0.15) is 5.75 Å². The molecule has 0 unspecified atom stereocenters. The second-order valence-corrected chi connectivity index (χ2v) is 5.64. The summed E-state index contributed by atoms with van der Waals surface area (Å²) in [6, 6.07) is 7.55. The lowest BCUT2D eigenvalue weighted by molar-refractivity contribution is -0.0228. The highest BCUT2D eigenvalue weighted by atomic mass is 16.5. The van der Waals surface area contributed by atoms with Crippen LogP contribution in [0.3, 0.4) is 0 Å². The normalized spacial score (nSPS) is 29.1. The summed E-state index contributed by atoms with van der Waals surface area (Å²) in [6.07, 6.45) is 0.244. The zero-order chi connectivity index (χ0) is 11.9. The molecule has 88 valence electrons. The molecule has 0 bridgehead atoms. The van der Waals surface area contributed by atoms with Crippen LogP contribution in [0.2, 0.25) is 0 Å². The number of phenolic OH excluding ortho intramolecular Hbond substituents is 1. The van der Waals surface area contributed by atoms with E-state index in [-0.39, 0.29) is 11.7 Å². The van der Waals surface area contributed by atoms with Gasteiger partial charge in [0, 0.05) is 5.92 Å². The van der Waals surface area contributed by atoms with Crippen molar-refractivity contribution in [3.05, 3.63) is 29.8 Å². The minimum absolute atomic E-state index is 0.113. The molecule has 0 saturated heterocycles. The van der Waals surface area contributed by atoms with Crippen molar-refractivity contribution in [1.29, 1.82) is 0 Å². The van der Waals surface area contributed by atoms with Crippen LogP contribution in [0.1, 0.15) is 39.2 Å². The van der Waals surface area contributed by atoms with Crippen LogP contribution in [0.15, 0.2) is 24.3 Å². The van der Waals surface area contributed by atoms with E-state index in [1.54, 1.807) is 6.07 Å². The number of aromatic hydroxyl groups is 1. The summed E-state index contributed by atoms with van der Waals surface area (Å²) >= 11 is 0. The minimum Gasteiger partial charge on any atom is -0.508 e. The smallest absolute Gasteiger partial charge is 0.119 e. The first-order valence-corrected chi connectivity index (χ1v) is 5.86. The molecule has 2 nitrogen and oxygen atoms in total. The molecule has 0 spiro atoms. The fraction of sp³-hybridized carbons (Fsp3) is 0.571. The Labute approximate surface area is 97.3 Å². The molecule has 1 saturated carbocycles. The lowest BCUT2D eigenvalue weighted by Gasteiger charge is -2.20. The molecule has 0 aromatic heterocycles. The van der Waals surface area contributed by atoms with Gasteiger partial charge in [0.05, 0.1) is 11.7 Å². The van der Waals surface area contributed by atoms with E-state index >= 15 is 0 Å². The van der Waals surface area contributed by atoms with Gasteiger partial charge in [0.25, 0.3) is 0 Å². The Hall–Kier alpha value is -1.02. The van der Waals surface area contributed by atoms with Crippen LogP contribution in [0.4, 0.5) is 0 Å². The molecule has 2 heteroatoms. The standard InChI is InChI=1S/C14H20O2/c1-9-12(13(9)16-14(2,3)4)10-7-5-6-8-11(10)15/h5-9,12-13,15H,1-4H3/t9-,12+,13+/m0/s1. The summed E-state index contributed by atoms with van der Waals surface area (Å²) in [5.74, 6) is 1.23. The molecule has 0 radical (unpaired) electrons. The number of hydrogen-bond acceptors (Lipinski definition) is 2. The van der Waals surface area contributed by atoms with Crippen LogP contribution >= 0.6 is 0 Å². The number of para-hydroxylation sites is 1. The zero-order valence-electron chi connectivity index (χ0n) is 10.4. The predicted molar refractivity (Wildman–Crippen MR) is 64.6 cm³/mol. The van der Waals surface area contributed by atoms with E-state index in [4.69, 9.17) is 4.74 Å². The zero-order valence-corrected chi connectivity index (χ0v) is 10.4. The van der Waals surface area contributed by atoms with Crippen molar-refractivity contribution in [2.24, 2.45) is 5.92 Å². The highest BCUT2D eigenvalue weighted by Gasteiger charge is 2.51. The Balaban J connectivity index is 2.12. The number of ether oxygens (including phenoxy) is 1. The molecular formula is C14H20O2. The number of phenols is 1. The lowest BCUT2D eigenvalue weighted by Crippen LogP contribution is -2.21. The van der Waals surface area contributed by atoms with Gasteiger partial charge in [-0.25, -0.2) is 0 Å². The van der Waals surface area contributed by atoms with Crippen molar-refractivity contribution < 1.29 is 9.84 Å². The van der Waals surface area contributed by atoms with Gasteiger partial charge in [-0.1, -0.05) is 25.1 Å². The van der Waals surface area contributed by atoms with E-state index in [0.29, 0.717) is 17.6 Å². The van der Waals surface area contributed by atoms with Crippen molar-refractivity contribution in [3.8, 4) is 5.75 Å². The molecule has 1 aromatic carbocycles. The molecule has 1 aliphatic carbocycles. The maximum Gasteiger partial charge on any atom is 0.119 e. The summed E-state index contributed by atoms with van der Waals surface area (Å²) in [5.41, 5.74) is 0.905. The summed E-state index contributed by atoms with van der Waals surface area (Å²) in [7, 11) is 0. The SMILES string of the molecule is C[C@@H]1[C@@H](OC(C)(C)C)[C@H]1c1ccccc1O. The second-order valence-electron chi connectivity index (χ2n) is 5.64. The van der Waals surface area contributed by atoms with Crippen LogP contribution in [0.25, 0.3) is 0 Å². The molecule has 1 aliphatic rings. The molecule has 0 aliphatic heterocycles. The van der Waals surface area contributed by atoms with Crippen molar-refractivity contribution in [1.82, 2.24) is 0 Å². The third kappa shape index (κ3) is 2.22. The fourth-order valence-corrected chi connectivity index (χ4v) is 2.24. The second kappa shape index (κ2) is 3.77. The lowest BCUT2D eigenvalue weighted by atomic mass is 10.1. The average Bonchev–Trinajstić information content (AvgIpc) is 2.75. The first-order chi connectivity index (χ1) is 7.40. The van der Waals surface area contributed by atoms with E-state index in [2.05, 4.69) is 27.7 Å². The monoisotopic (exact) mass is 220 g/mol. The van der Waals surface area contributed by atoms with Gasteiger partial charge in [-0.3, -0.25) is 0 Å².